The second-order valence-corrected chi connectivity index (χ2v) is 4.38. The molecule has 104 valence electrons. The molecule has 5 nitrogen and oxygen atoms in total. The number of hydrogen-bond acceptors (Lipinski definition) is 4. The molecule has 0 bridgehead atoms. The Hall–Kier alpha value is -2.56. The van der Waals surface area contributed by atoms with Crippen molar-refractivity contribution in [1.82, 2.24) is 4.98 Å². The number of nitrogens with two attached hydrogens (primary N) is 1. The SMILES string of the molecule is CCN(Cc1ccnc(C(N)=NO)c1)c1ccccc1. The van der Waals surface area contributed by atoms with Gasteiger partial charge >= 0.3 is 0 Å². The molecule has 1 aromatic heterocycles. The van der Waals surface area contributed by atoms with Gasteiger partial charge in [-0.05, 0) is 36.8 Å². The molecule has 0 saturated heterocycles. The molecule has 20 heavy (non-hydrogen) atoms. The van der Waals surface area contributed by atoms with Crippen molar-refractivity contribution in [2.45, 2.75) is 13.5 Å². The lowest BCUT2D eigenvalue weighted by Crippen LogP contribution is -2.22. The van der Waals surface area contributed by atoms with Gasteiger partial charge in [0.15, 0.2) is 5.84 Å². The van der Waals surface area contributed by atoms with Crippen molar-refractivity contribution in [3.63, 3.8) is 0 Å². The number of pyridine rings is 1. The predicted octanol–water partition coefficient (Wildman–Crippen LogP) is 2.20. The molecule has 0 spiro atoms. The Balaban J connectivity index is 2.20. The van der Waals surface area contributed by atoms with E-state index in [4.69, 9.17) is 10.9 Å². The van der Waals surface area contributed by atoms with Gasteiger partial charge in [0.1, 0.15) is 5.69 Å². The lowest BCUT2D eigenvalue weighted by molar-refractivity contribution is 0.318. The first-order chi connectivity index (χ1) is 9.74. The maximum absolute atomic E-state index is 8.70. The molecular formula is C15H18N4O. The van der Waals surface area contributed by atoms with Gasteiger partial charge in [0.05, 0.1) is 0 Å². The third-order valence-electron chi connectivity index (χ3n) is 3.07. The van der Waals surface area contributed by atoms with Gasteiger partial charge in [-0.15, -0.1) is 0 Å². The van der Waals surface area contributed by atoms with E-state index in [1.54, 1.807) is 6.20 Å². The number of anilines is 1. The first-order valence-electron chi connectivity index (χ1n) is 6.47. The number of amidine groups is 1. The maximum atomic E-state index is 8.70. The summed E-state index contributed by atoms with van der Waals surface area (Å²) in [6.07, 6.45) is 1.67. The number of aromatic nitrogens is 1. The molecule has 3 N–H and O–H groups in total. The molecule has 1 aromatic carbocycles. The Kier molecular flexibility index (Phi) is 4.55. The molecule has 0 aliphatic carbocycles. The van der Waals surface area contributed by atoms with E-state index in [1.165, 1.54) is 0 Å². The van der Waals surface area contributed by atoms with Gasteiger partial charge in [-0.25, -0.2) is 0 Å². The molecular weight excluding hydrogens is 252 g/mol. The van der Waals surface area contributed by atoms with Gasteiger partial charge in [-0.2, -0.15) is 0 Å². The summed E-state index contributed by atoms with van der Waals surface area (Å²) in [5.41, 5.74) is 8.27. The van der Waals surface area contributed by atoms with Crippen LogP contribution in [0, 0.1) is 0 Å². The lowest BCUT2D eigenvalue weighted by Gasteiger charge is -2.23. The molecule has 0 unspecified atom stereocenters. The van der Waals surface area contributed by atoms with Gasteiger partial charge in [-0.3, -0.25) is 4.98 Å². The molecule has 0 amide bonds. The zero-order valence-corrected chi connectivity index (χ0v) is 11.4. The molecule has 2 aromatic rings. The average molecular weight is 270 g/mol. The molecule has 2 rings (SSSR count). The van der Waals surface area contributed by atoms with Crippen molar-refractivity contribution in [3.8, 4) is 0 Å². The van der Waals surface area contributed by atoms with E-state index in [0.29, 0.717) is 5.69 Å². The maximum Gasteiger partial charge on any atom is 0.188 e. The van der Waals surface area contributed by atoms with Crippen molar-refractivity contribution in [2.75, 3.05) is 11.4 Å². The Morgan fingerprint density at radius 2 is 2.05 bits per heavy atom. The number of oxime groups is 1. The van der Waals surface area contributed by atoms with E-state index in [-0.39, 0.29) is 5.84 Å². The molecule has 0 aliphatic rings. The van der Waals surface area contributed by atoms with Gasteiger partial charge in [0.2, 0.25) is 0 Å². The van der Waals surface area contributed by atoms with Crippen LogP contribution in [0.3, 0.4) is 0 Å². The fraction of sp³-hybridized carbons (Fsp3) is 0.200. The summed E-state index contributed by atoms with van der Waals surface area (Å²) < 4.78 is 0. The van der Waals surface area contributed by atoms with Crippen LogP contribution in [0.1, 0.15) is 18.2 Å². The highest BCUT2D eigenvalue weighted by Gasteiger charge is 2.07. The van der Waals surface area contributed by atoms with Gasteiger partial charge in [0, 0.05) is 25.0 Å². The van der Waals surface area contributed by atoms with Crippen LogP contribution in [0.25, 0.3) is 0 Å². The molecule has 0 saturated carbocycles. The van der Waals surface area contributed by atoms with Gasteiger partial charge in [-0.1, -0.05) is 23.4 Å². The molecule has 0 aliphatic heterocycles. The zero-order valence-electron chi connectivity index (χ0n) is 11.4. The number of hydrogen-bond donors (Lipinski definition) is 2. The second kappa shape index (κ2) is 6.56. The van der Waals surface area contributed by atoms with Crippen LogP contribution in [0.15, 0.2) is 53.8 Å². The van der Waals surface area contributed by atoms with Crippen molar-refractivity contribution >= 4 is 11.5 Å². The molecule has 1 heterocycles. The molecule has 0 radical (unpaired) electrons. The first kappa shape index (κ1) is 13.9. The molecule has 0 atom stereocenters. The smallest absolute Gasteiger partial charge is 0.188 e. The Bertz CT molecular complexity index is 583. The average Bonchev–Trinajstić information content (AvgIpc) is 2.53. The topological polar surface area (TPSA) is 74.7 Å². The Morgan fingerprint density at radius 1 is 1.30 bits per heavy atom. The number of benzene rings is 1. The van der Waals surface area contributed by atoms with Crippen LogP contribution in [-0.4, -0.2) is 22.6 Å². The summed E-state index contributed by atoms with van der Waals surface area (Å²) in [6.45, 7) is 3.75. The van der Waals surface area contributed by atoms with Gasteiger partial charge < -0.3 is 15.8 Å². The monoisotopic (exact) mass is 270 g/mol. The van der Waals surface area contributed by atoms with Crippen molar-refractivity contribution in [2.24, 2.45) is 10.9 Å². The highest BCUT2D eigenvalue weighted by molar-refractivity contribution is 5.95. The van der Waals surface area contributed by atoms with E-state index >= 15 is 0 Å². The summed E-state index contributed by atoms with van der Waals surface area (Å²) in [6, 6.07) is 14.0. The van der Waals surface area contributed by atoms with E-state index in [1.807, 2.05) is 30.3 Å². The third-order valence-corrected chi connectivity index (χ3v) is 3.07. The van der Waals surface area contributed by atoms with Crippen LogP contribution in [-0.2, 0) is 6.54 Å². The minimum absolute atomic E-state index is 0.0228. The molecule has 5 heteroatoms. The fourth-order valence-electron chi connectivity index (χ4n) is 2.01. The quantitative estimate of drug-likeness (QED) is 0.378. The minimum Gasteiger partial charge on any atom is -0.409 e. The highest BCUT2D eigenvalue weighted by Crippen LogP contribution is 2.16. The zero-order chi connectivity index (χ0) is 14.4. The minimum atomic E-state index is 0.0228. The van der Waals surface area contributed by atoms with Crippen LogP contribution >= 0.6 is 0 Å². The molecule has 0 fully saturated rings. The lowest BCUT2D eigenvalue weighted by atomic mass is 10.2. The number of nitrogens with zero attached hydrogens (tertiary/aromatic N) is 3. The predicted molar refractivity (Wildman–Crippen MR) is 79.9 cm³/mol. The summed E-state index contributed by atoms with van der Waals surface area (Å²) >= 11 is 0. The van der Waals surface area contributed by atoms with E-state index in [9.17, 15) is 0 Å². The number of para-hydroxylation sites is 1. The van der Waals surface area contributed by atoms with Crippen LogP contribution in [0.4, 0.5) is 5.69 Å². The number of rotatable bonds is 5. The van der Waals surface area contributed by atoms with Crippen LogP contribution in [0.5, 0.6) is 0 Å². The fourth-order valence-corrected chi connectivity index (χ4v) is 2.01. The first-order valence-corrected chi connectivity index (χ1v) is 6.47. The van der Waals surface area contributed by atoms with Crippen LogP contribution in [0.2, 0.25) is 0 Å². The standard InChI is InChI=1S/C15H18N4O/c1-2-19(13-6-4-3-5-7-13)11-12-8-9-17-14(10-12)15(16)18-20/h3-10,20H,2,11H2,1H3,(H2,16,18). The van der Waals surface area contributed by atoms with Crippen molar-refractivity contribution in [3.05, 3.63) is 59.9 Å². The highest BCUT2D eigenvalue weighted by atomic mass is 16.4. The summed E-state index contributed by atoms with van der Waals surface area (Å²) in [7, 11) is 0. The summed E-state index contributed by atoms with van der Waals surface area (Å²) in [5.74, 6) is 0.0228. The van der Waals surface area contributed by atoms with E-state index < -0.39 is 0 Å². The summed E-state index contributed by atoms with van der Waals surface area (Å²) in [4.78, 5) is 6.32. The summed E-state index contributed by atoms with van der Waals surface area (Å²) in [5, 5.41) is 11.7. The van der Waals surface area contributed by atoms with Gasteiger partial charge in [0.25, 0.3) is 0 Å². The van der Waals surface area contributed by atoms with Crippen molar-refractivity contribution in [1.29, 1.82) is 0 Å². The second-order valence-electron chi connectivity index (χ2n) is 4.38. The van der Waals surface area contributed by atoms with E-state index in [0.717, 1.165) is 24.3 Å². The third kappa shape index (κ3) is 3.26. The Morgan fingerprint density at radius 3 is 2.70 bits per heavy atom. The van der Waals surface area contributed by atoms with Crippen molar-refractivity contribution < 1.29 is 5.21 Å². The largest absolute Gasteiger partial charge is 0.409 e. The van der Waals surface area contributed by atoms with E-state index in [2.05, 4.69) is 34.1 Å². The van der Waals surface area contributed by atoms with Crippen LogP contribution < -0.4 is 10.6 Å². The Labute approximate surface area is 118 Å². The normalized spacial score (nSPS) is 11.3.